The molecule has 0 N–H and O–H groups in total. The Morgan fingerprint density at radius 1 is 1.19 bits per heavy atom. The number of nitrogens with zero attached hydrogens (tertiary/aromatic N) is 2. The molecule has 21 heavy (non-hydrogen) atoms. The van der Waals surface area contributed by atoms with Crippen LogP contribution in [0.15, 0.2) is 30.3 Å². The van der Waals surface area contributed by atoms with Crippen molar-refractivity contribution in [2.45, 2.75) is 25.7 Å². The SMILES string of the molecule is COC(=O)Cc1ccc2cc(N3CCCCC3)ccc2n1. The van der Waals surface area contributed by atoms with Crippen LogP contribution in [0.2, 0.25) is 0 Å². The molecule has 1 aliphatic heterocycles. The van der Waals surface area contributed by atoms with Gasteiger partial charge in [-0.15, -0.1) is 0 Å². The van der Waals surface area contributed by atoms with E-state index in [4.69, 9.17) is 0 Å². The second kappa shape index (κ2) is 6.12. The highest BCUT2D eigenvalue weighted by atomic mass is 16.5. The van der Waals surface area contributed by atoms with Crippen molar-refractivity contribution < 1.29 is 9.53 Å². The number of esters is 1. The summed E-state index contributed by atoms with van der Waals surface area (Å²) in [5.41, 5.74) is 2.95. The van der Waals surface area contributed by atoms with Crippen LogP contribution < -0.4 is 4.90 Å². The fraction of sp³-hybridized carbons (Fsp3) is 0.412. The van der Waals surface area contributed by atoms with E-state index >= 15 is 0 Å². The molecular weight excluding hydrogens is 264 g/mol. The van der Waals surface area contributed by atoms with Crippen LogP contribution in [-0.4, -0.2) is 31.2 Å². The number of piperidine rings is 1. The van der Waals surface area contributed by atoms with Crippen LogP contribution in [0.1, 0.15) is 25.0 Å². The van der Waals surface area contributed by atoms with Crippen LogP contribution in [0.5, 0.6) is 0 Å². The number of hydrogen-bond acceptors (Lipinski definition) is 4. The van der Waals surface area contributed by atoms with Gasteiger partial charge in [0.1, 0.15) is 0 Å². The zero-order chi connectivity index (χ0) is 14.7. The van der Waals surface area contributed by atoms with E-state index in [1.807, 2.05) is 18.2 Å². The Kier molecular flexibility index (Phi) is 4.04. The highest BCUT2D eigenvalue weighted by molar-refractivity contribution is 5.83. The summed E-state index contributed by atoms with van der Waals surface area (Å²) in [5.74, 6) is -0.258. The third-order valence-electron chi connectivity index (χ3n) is 4.00. The maximum absolute atomic E-state index is 11.3. The average molecular weight is 284 g/mol. The Hall–Kier alpha value is -2.10. The van der Waals surface area contributed by atoms with Crippen LogP contribution >= 0.6 is 0 Å². The number of fused-ring (bicyclic) bond motifs is 1. The molecule has 1 saturated heterocycles. The summed E-state index contributed by atoms with van der Waals surface area (Å²) in [6, 6.07) is 10.3. The lowest BCUT2D eigenvalue weighted by Gasteiger charge is -2.29. The number of carbonyl (C=O) groups is 1. The van der Waals surface area contributed by atoms with E-state index in [0.29, 0.717) is 0 Å². The lowest BCUT2D eigenvalue weighted by molar-refractivity contribution is -0.139. The summed E-state index contributed by atoms with van der Waals surface area (Å²) in [6.45, 7) is 2.28. The topological polar surface area (TPSA) is 42.4 Å². The van der Waals surface area contributed by atoms with Crippen molar-refractivity contribution in [1.29, 1.82) is 0 Å². The summed E-state index contributed by atoms with van der Waals surface area (Å²) < 4.78 is 4.68. The minimum absolute atomic E-state index is 0.223. The van der Waals surface area contributed by atoms with Crippen LogP contribution in [0.25, 0.3) is 10.9 Å². The minimum Gasteiger partial charge on any atom is -0.469 e. The average Bonchev–Trinajstić information content (AvgIpc) is 2.55. The summed E-state index contributed by atoms with van der Waals surface area (Å²) in [5, 5.41) is 1.12. The quantitative estimate of drug-likeness (QED) is 0.813. The maximum Gasteiger partial charge on any atom is 0.311 e. The minimum atomic E-state index is -0.258. The van der Waals surface area contributed by atoms with Gasteiger partial charge < -0.3 is 9.64 Å². The van der Waals surface area contributed by atoms with Gasteiger partial charge in [0.15, 0.2) is 0 Å². The molecular formula is C17H20N2O2. The Balaban J connectivity index is 1.85. The molecule has 2 heterocycles. The third kappa shape index (κ3) is 3.15. The first-order chi connectivity index (χ1) is 10.3. The molecule has 0 aliphatic carbocycles. The Bertz CT molecular complexity index is 648. The van der Waals surface area contributed by atoms with Gasteiger partial charge in [0, 0.05) is 24.2 Å². The number of anilines is 1. The molecule has 0 amide bonds. The number of rotatable bonds is 3. The van der Waals surface area contributed by atoms with Gasteiger partial charge >= 0.3 is 5.97 Å². The largest absolute Gasteiger partial charge is 0.469 e. The van der Waals surface area contributed by atoms with Crippen molar-refractivity contribution in [1.82, 2.24) is 4.98 Å². The van der Waals surface area contributed by atoms with Crippen molar-refractivity contribution in [2.24, 2.45) is 0 Å². The van der Waals surface area contributed by atoms with Crippen molar-refractivity contribution in [3.8, 4) is 0 Å². The number of benzene rings is 1. The van der Waals surface area contributed by atoms with E-state index in [0.717, 1.165) is 29.7 Å². The first-order valence-corrected chi connectivity index (χ1v) is 7.48. The van der Waals surface area contributed by atoms with E-state index in [2.05, 4.69) is 26.8 Å². The molecule has 1 fully saturated rings. The summed E-state index contributed by atoms with van der Waals surface area (Å²) >= 11 is 0. The summed E-state index contributed by atoms with van der Waals surface area (Å²) in [6.07, 6.45) is 4.10. The molecule has 4 heteroatoms. The molecule has 0 saturated carbocycles. The molecule has 0 radical (unpaired) electrons. The summed E-state index contributed by atoms with van der Waals surface area (Å²) in [4.78, 5) is 18.3. The number of aromatic nitrogens is 1. The zero-order valence-corrected chi connectivity index (χ0v) is 12.3. The van der Waals surface area contributed by atoms with Crippen molar-refractivity contribution in [2.75, 3.05) is 25.1 Å². The molecule has 1 aromatic carbocycles. The second-order valence-electron chi connectivity index (χ2n) is 5.48. The molecule has 0 bridgehead atoms. The van der Waals surface area contributed by atoms with Gasteiger partial charge in [-0.1, -0.05) is 6.07 Å². The van der Waals surface area contributed by atoms with E-state index < -0.39 is 0 Å². The summed E-state index contributed by atoms with van der Waals surface area (Å²) in [7, 11) is 1.40. The van der Waals surface area contributed by atoms with Gasteiger partial charge in [-0.3, -0.25) is 9.78 Å². The molecule has 1 aromatic heterocycles. The predicted molar refractivity (Wildman–Crippen MR) is 83.5 cm³/mol. The standard InChI is InChI=1S/C17H20N2O2/c1-21-17(20)12-14-6-5-13-11-15(7-8-16(13)18-14)19-9-3-2-4-10-19/h5-8,11H,2-4,9-10,12H2,1H3. The van der Waals surface area contributed by atoms with Crippen molar-refractivity contribution >= 4 is 22.6 Å². The maximum atomic E-state index is 11.3. The van der Waals surface area contributed by atoms with E-state index in [1.165, 1.54) is 32.1 Å². The van der Waals surface area contributed by atoms with Gasteiger partial charge in [0.25, 0.3) is 0 Å². The Morgan fingerprint density at radius 3 is 2.76 bits per heavy atom. The smallest absolute Gasteiger partial charge is 0.311 e. The number of carbonyl (C=O) groups excluding carboxylic acids is 1. The lowest BCUT2D eigenvalue weighted by atomic mass is 10.1. The fourth-order valence-corrected chi connectivity index (χ4v) is 2.82. The monoisotopic (exact) mass is 284 g/mol. The van der Waals surface area contributed by atoms with Gasteiger partial charge in [-0.05, 0) is 43.5 Å². The lowest BCUT2D eigenvalue weighted by Crippen LogP contribution is -2.29. The van der Waals surface area contributed by atoms with Crippen LogP contribution in [0, 0.1) is 0 Å². The fourth-order valence-electron chi connectivity index (χ4n) is 2.82. The van der Waals surface area contributed by atoms with Gasteiger partial charge in [0.05, 0.1) is 24.7 Å². The molecule has 110 valence electrons. The van der Waals surface area contributed by atoms with Crippen LogP contribution in [-0.2, 0) is 16.0 Å². The first-order valence-electron chi connectivity index (χ1n) is 7.48. The molecule has 1 aliphatic rings. The van der Waals surface area contributed by atoms with Gasteiger partial charge in [-0.25, -0.2) is 0 Å². The van der Waals surface area contributed by atoms with E-state index in [-0.39, 0.29) is 12.4 Å². The van der Waals surface area contributed by atoms with Crippen LogP contribution in [0.3, 0.4) is 0 Å². The molecule has 4 nitrogen and oxygen atoms in total. The van der Waals surface area contributed by atoms with E-state index in [9.17, 15) is 4.79 Å². The van der Waals surface area contributed by atoms with Crippen LogP contribution in [0.4, 0.5) is 5.69 Å². The normalized spacial score (nSPS) is 15.2. The van der Waals surface area contributed by atoms with E-state index in [1.54, 1.807) is 0 Å². The van der Waals surface area contributed by atoms with Crippen molar-refractivity contribution in [3.05, 3.63) is 36.0 Å². The number of hydrogen-bond donors (Lipinski definition) is 0. The molecule has 3 rings (SSSR count). The first kappa shape index (κ1) is 13.9. The number of pyridine rings is 1. The highest BCUT2D eigenvalue weighted by Gasteiger charge is 2.12. The van der Waals surface area contributed by atoms with Gasteiger partial charge in [0.2, 0.25) is 0 Å². The number of ether oxygens (including phenoxy) is 1. The van der Waals surface area contributed by atoms with Crippen molar-refractivity contribution in [3.63, 3.8) is 0 Å². The molecule has 0 unspecified atom stereocenters. The predicted octanol–water partition coefficient (Wildman–Crippen LogP) is 2.94. The third-order valence-corrected chi connectivity index (χ3v) is 4.00. The molecule has 0 atom stereocenters. The molecule has 0 spiro atoms. The number of methoxy groups -OCH3 is 1. The highest BCUT2D eigenvalue weighted by Crippen LogP contribution is 2.24. The van der Waals surface area contributed by atoms with Gasteiger partial charge in [-0.2, -0.15) is 0 Å². The Labute approximate surface area is 124 Å². The Morgan fingerprint density at radius 2 is 2.00 bits per heavy atom. The zero-order valence-electron chi connectivity index (χ0n) is 12.3. The molecule has 2 aromatic rings. The second-order valence-corrected chi connectivity index (χ2v) is 5.48.